The van der Waals surface area contributed by atoms with Gasteiger partial charge in [-0.05, 0) is 18.9 Å². The molecule has 0 rings (SSSR count). The Hall–Kier alpha value is -1.71. The SMILES string of the molecule is CCC/C=C/C/C=C/C=C/C=NNN=O. The fourth-order valence-electron chi connectivity index (χ4n) is 0.830. The first-order chi connectivity index (χ1) is 7.41. The first kappa shape index (κ1) is 13.3. The molecule has 0 unspecified atom stereocenters. The van der Waals surface area contributed by atoms with Crippen LogP contribution in [0.15, 0.2) is 46.8 Å². The summed E-state index contributed by atoms with van der Waals surface area (Å²) < 4.78 is 0. The summed E-state index contributed by atoms with van der Waals surface area (Å²) in [6, 6.07) is 0. The van der Waals surface area contributed by atoms with E-state index in [1.165, 1.54) is 12.6 Å². The molecule has 15 heavy (non-hydrogen) atoms. The highest BCUT2D eigenvalue weighted by molar-refractivity contribution is 5.71. The largest absolute Gasteiger partial charge is 0.164 e. The Balaban J connectivity index is 3.48. The summed E-state index contributed by atoms with van der Waals surface area (Å²) >= 11 is 0. The van der Waals surface area contributed by atoms with Crippen molar-refractivity contribution in [2.75, 3.05) is 0 Å². The average Bonchev–Trinajstić information content (AvgIpc) is 2.26. The van der Waals surface area contributed by atoms with E-state index < -0.39 is 0 Å². The van der Waals surface area contributed by atoms with Crippen LogP contribution in [-0.2, 0) is 0 Å². The van der Waals surface area contributed by atoms with Gasteiger partial charge in [-0.3, -0.25) is 0 Å². The zero-order valence-electron chi connectivity index (χ0n) is 8.97. The number of hydrogen-bond donors (Lipinski definition) is 1. The lowest BCUT2D eigenvalue weighted by atomic mass is 10.2. The molecule has 0 saturated carbocycles. The van der Waals surface area contributed by atoms with Crippen LogP contribution in [-0.4, -0.2) is 6.21 Å². The molecule has 0 aliphatic rings. The highest BCUT2D eigenvalue weighted by atomic mass is 16.3. The van der Waals surface area contributed by atoms with E-state index in [0.717, 1.165) is 12.8 Å². The van der Waals surface area contributed by atoms with Crippen LogP contribution < -0.4 is 5.53 Å². The van der Waals surface area contributed by atoms with Gasteiger partial charge in [0.1, 0.15) is 0 Å². The number of nitrogens with zero attached hydrogens (tertiary/aromatic N) is 2. The van der Waals surface area contributed by atoms with Crippen LogP contribution in [0, 0.1) is 4.91 Å². The number of allylic oxidation sites excluding steroid dienone is 6. The van der Waals surface area contributed by atoms with Gasteiger partial charge in [-0.15, -0.1) is 4.91 Å². The maximum Gasteiger partial charge on any atom is 0.0722 e. The summed E-state index contributed by atoms with van der Waals surface area (Å²) in [6.07, 6.45) is 16.6. The second-order valence-electron chi connectivity index (χ2n) is 2.78. The molecule has 0 aromatic rings. The summed E-state index contributed by atoms with van der Waals surface area (Å²) in [5, 5.41) is 5.81. The number of rotatable bonds is 8. The number of nitroso groups, excluding NO2 is 1. The third-order valence-corrected chi connectivity index (χ3v) is 1.51. The molecule has 0 aromatic heterocycles. The van der Waals surface area contributed by atoms with Crippen LogP contribution in [0.3, 0.4) is 0 Å². The second-order valence-corrected chi connectivity index (χ2v) is 2.78. The van der Waals surface area contributed by atoms with Gasteiger partial charge in [-0.1, -0.05) is 43.7 Å². The molecule has 0 aliphatic heterocycles. The molecule has 0 aromatic carbocycles. The molecule has 0 bridgehead atoms. The summed E-state index contributed by atoms with van der Waals surface area (Å²) in [5.74, 6) is 0. The Labute approximate surface area is 90.4 Å². The van der Waals surface area contributed by atoms with E-state index in [-0.39, 0.29) is 0 Å². The van der Waals surface area contributed by atoms with Gasteiger partial charge in [0.2, 0.25) is 0 Å². The second kappa shape index (κ2) is 12.3. The van der Waals surface area contributed by atoms with E-state index >= 15 is 0 Å². The van der Waals surface area contributed by atoms with Crippen LogP contribution in [0.1, 0.15) is 26.2 Å². The Morgan fingerprint density at radius 2 is 2.00 bits per heavy atom. The number of nitrogens with one attached hydrogen (secondary N) is 1. The molecule has 1 N–H and O–H groups in total. The summed E-state index contributed by atoms with van der Waals surface area (Å²) in [5.41, 5.74) is 1.93. The molecule has 0 radical (unpaired) electrons. The molecule has 0 saturated heterocycles. The van der Waals surface area contributed by atoms with Crippen LogP contribution >= 0.6 is 0 Å². The van der Waals surface area contributed by atoms with Crippen molar-refractivity contribution >= 4 is 6.21 Å². The zero-order chi connectivity index (χ0) is 11.2. The van der Waals surface area contributed by atoms with Crippen LogP contribution in [0.2, 0.25) is 0 Å². The van der Waals surface area contributed by atoms with Crippen molar-refractivity contribution in [3.05, 3.63) is 41.4 Å². The van der Waals surface area contributed by atoms with E-state index in [2.05, 4.69) is 29.5 Å². The van der Waals surface area contributed by atoms with Gasteiger partial charge in [0.05, 0.1) is 5.29 Å². The van der Waals surface area contributed by atoms with Gasteiger partial charge in [0, 0.05) is 6.21 Å². The average molecular weight is 207 g/mol. The van der Waals surface area contributed by atoms with Gasteiger partial charge < -0.3 is 0 Å². The molecule has 0 aliphatic carbocycles. The highest BCUT2D eigenvalue weighted by Gasteiger charge is 1.72. The Morgan fingerprint density at radius 1 is 1.13 bits per heavy atom. The molecule has 4 heteroatoms. The molecular formula is C11H17N3O. The molecule has 0 heterocycles. The van der Waals surface area contributed by atoms with Crippen molar-refractivity contribution in [2.45, 2.75) is 26.2 Å². The first-order valence-corrected chi connectivity index (χ1v) is 4.99. The van der Waals surface area contributed by atoms with Gasteiger partial charge in [0.25, 0.3) is 0 Å². The molecule has 0 spiro atoms. The summed E-state index contributed by atoms with van der Waals surface area (Å²) in [4.78, 5) is 9.54. The third-order valence-electron chi connectivity index (χ3n) is 1.51. The van der Waals surface area contributed by atoms with E-state index in [9.17, 15) is 4.91 Å². The zero-order valence-corrected chi connectivity index (χ0v) is 8.97. The third kappa shape index (κ3) is 12.3. The summed E-state index contributed by atoms with van der Waals surface area (Å²) in [7, 11) is 0. The molecule has 0 atom stereocenters. The van der Waals surface area contributed by atoms with Crippen LogP contribution in [0.4, 0.5) is 0 Å². The van der Waals surface area contributed by atoms with Crippen molar-refractivity contribution in [1.29, 1.82) is 0 Å². The van der Waals surface area contributed by atoms with Crippen LogP contribution in [0.5, 0.6) is 0 Å². The van der Waals surface area contributed by atoms with Crippen molar-refractivity contribution in [2.24, 2.45) is 10.4 Å². The lowest BCUT2D eigenvalue weighted by Gasteiger charge is -1.82. The fourth-order valence-corrected chi connectivity index (χ4v) is 0.830. The van der Waals surface area contributed by atoms with Crippen LogP contribution in [0.25, 0.3) is 0 Å². The maximum absolute atomic E-state index is 9.54. The number of hydrazone groups is 1. The lowest BCUT2D eigenvalue weighted by molar-refractivity contribution is 0.804. The monoisotopic (exact) mass is 207 g/mol. The molecular weight excluding hydrogens is 190 g/mol. The van der Waals surface area contributed by atoms with Gasteiger partial charge in [-0.25, -0.2) is 0 Å². The van der Waals surface area contributed by atoms with Crippen molar-refractivity contribution < 1.29 is 0 Å². The lowest BCUT2D eigenvalue weighted by Crippen LogP contribution is -1.89. The minimum absolute atomic E-state index is 0.940. The predicted octanol–water partition coefficient (Wildman–Crippen LogP) is 3.10. The van der Waals surface area contributed by atoms with Gasteiger partial charge >= 0.3 is 0 Å². The van der Waals surface area contributed by atoms with E-state index in [4.69, 9.17) is 0 Å². The topological polar surface area (TPSA) is 53.8 Å². The Bertz CT molecular complexity index is 255. The predicted molar refractivity (Wildman–Crippen MR) is 64.4 cm³/mol. The molecule has 0 fully saturated rings. The normalized spacial score (nSPS) is 12.3. The maximum atomic E-state index is 9.54. The fraction of sp³-hybridized carbons (Fsp3) is 0.364. The standard InChI is InChI=1S/C11H17N3O/c1-2-3-4-5-6-7-8-9-10-11-12-13-14-15/h4-5,7-11H,2-3,6H2,1H3,(H,13,15)/b5-4+,8-7+,10-9+,12-11?. The van der Waals surface area contributed by atoms with Gasteiger partial charge in [0.15, 0.2) is 0 Å². The molecule has 82 valence electrons. The molecule has 0 amide bonds. The minimum atomic E-state index is 0.940. The van der Waals surface area contributed by atoms with Crippen molar-refractivity contribution in [3.8, 4) is 0 Å². The van der Waals surface area contributed by atoms with E-state index in [1.807, 2.05) is 23.8 Å². The quantitative estimate of drug-likeness (QED) is 0.218. The summed E-state index contributed by atoms with van der Waals surface area (Å²) in [6.45, 7) is 2.16. The number of unbranched alkanes of at least 4 members (excludes halogenated alkanes) is 1. The highest BCUT2D eigenvalue weighted by Crippen LogP contribution is 1.92. The van der Waals surface area contributed by atoms with Crippen molar-refractivity contribution in [3.63, 3.8) is 0 Å². The van der Waals surface area contributed by atoms with Gasteiger partial charge in [-0.2, -0.15) is 10.6 Å². The van der Waals surface area contributed by atoms with Crippen molar-refractivity contribution in [1.82, 2.24) is 5.53 Å². The Morgan fingerprint density at radius 3 is 2.73 bits per heavy atom. The Kier molecular flexibility index (Phi) is 10.9. The minimum Gasteiger partial charge on any atom is -0.164 e. The molecule has 4 nitrogen and oxygen atoms in total. The van der Waals surface area contributed by atoms with E-state index in [1.54, 1.807) is 6.08 Å². The number of hydrogen-bond acceptors (Lipinski definition) is 3. The first-order valence-electron chi connectivity index (χ1n) is 4.99. The van der Waals surface area contributed by atoms with E-state index in [0.29, 0.717) is 0 Å². The smallest absolute Gasteiger partial charge is 0.0722 e.